The highest BCUT2D eigenvalue weighted by molar-refractivity contribution is 4.89. The van der Waals surface area contributed by atoms with Crippen LogP contribution in [0, 0.1) is 5.41 Å². The zero-order chi connectivity index (χ0) is 12.8. The molecule has 2 atom stereocenters. The second-order valence-corrected chi connectivity index (χ2v) is 5.62. The van der Waals surface area contributed by atoms with E-state index >= 15 is 0 Å². The van der Waals surface area contributed by atoms with Crippen LogP contribution in [0.4, 0.5) is 0 Å². The molecule has 0 bridgehead atoms. The Labute approximate surface area is 101 Å². The monoisotopic (exact) mass is 230 g/mol. The third-order valence-corrected chi connectivity index (χ3v) is 3.28. The summed E-state index contributed by atoms with van der Waals surface area (Å²) in [6.07, 6.45) is 2.35. The number of hydrogen-bond acceptors (Lipinski definition) is 3. The molecule has 0 saturated carbocycles. The highest BCUT2D eigenvalue weighted by Crippen LogP contribution is 2.22. The molecule has 3 nitrogen and oxygen atoms in total. The van der Waals surface area contributed by atoms with Crippen LogP contribution in [-0.4, -0.2) is 41.8 Å². The van der Waals surface area contributed by atoms with Crippen molar-refractivity contribution in [2.24, 2.45) is 11.1 Å². The number of unbranched alkanes of at least 4 members (excludes halogenated alkanes) is 1. The van der Waals surface area contributed by atoms with Gasteiger partial charge in [0, 0.05) is 12.1 Å². The Morgan fingerprint density at radius 1 is 1.25 bits per heavy atom. The third kappa shape index (κ3) is 4.81. The van der Waals surface area contributed by atoms with Crippen LogP contribution in [0.5, 0.6) is 0 Å². The first-order valence-corrected chi connectivity index (χ1v) is 6.48. The van der Waals surface area contributed by atoms with Crippen molar-refractivity contribution in [3.05, 3.63) is 0 Å². The van der Waals surface area contributed by atoms with Crippen molar-refractivity contribution in [1.82, 2.24) is 4.90 Å². The van der Waals surface area contributed by atoms with Gasteiger partial charge in [0.15, 0.2) is 0 Å². The summed E-state index contributed by atoms with van der Waals surface area (Å²) in [6, 6.07) is 0.0888. The second-order valence-electron chi connectivity index (χ2n) is 5.62. The summed E-state index contributed by atoms with van der Waals surface area (Å²) in [4.78, 5) is 2.30. The number of nitrogens with zero attached hydrogens (tertiary/aromatic N) is 1. The molecule has 0 saturated heterocycles. The van der Waals surface area contributed by atoms with Crippen LogP contribution < -0.4 is 5.73 Å². The standard InChI is InChI=1S/C13H30N2O/c1-6-8-9-15(7-2)11(10-16)12(14)13(3,4)5/h11-12,16H,6-10,14H2,1-5H3. The molecule has 0 aromatic carbocycles. The predicted octanol–water partition coefficient (Wildman–Crippen LogP) is 1.84. The van der Waals surface area contributed by atoms with Crippen molar-refractivity contribution in [3.63, 3.8) is 0 Å². The molecule has 0 spiro atoms. The Hall–Kier alpha value is -0.120. The summed E-state index contributed by atoms with van der Waals surface area (Å²) in [5, 5.41) is 9.54. The van der Waals surface area contributed by atoms with Crippen LogP contribution in [0.1, 0.15) is 47.5 Å². The highest BCUT2D eigenvalue weighted by Gasteiger charge is 2.31. The Morgan fingerprint density at radius 2 is 1.81 bits per heavy atom. The van der Waals surface area contributed by atoms with Crippen molar-refractivity contribution in [2.45, 2.75) is 59.5 Å². The first-order valence-electron chi connectivity index (χ1n) is 6.48. The summed E-state index contributed by atoms with van der Waals surface area (Å²) in [5.74, 6) is 0. The van der Waals surface area contributed by atoms with Crippen LogP contribution in [0.25, 0.3) is 0 Å². The van der Waals surface area contributed by atoms with E-state index < -0.39 is 0 Å². The van der Waals surface area contributed by atoms with E-state index in [1.807, 2.05) is 0 Å². The first kappa shape index (κ1) is 15.9. The van der Waals surface area contributed by atoms with Crippen LogP contribution in [0.2, 0.25) is 0 Å². The lowest BCUT2D eigenvalue weighted by Crippen LogP contribution is -2.55. The minimum Gasteiger partial charge on any atom is -0.395 e. The maximum Gasteiger partial charge on any atom is 0.0602 e. The van der Waals surface area contributed by atoms with E-state index in [4.69, 9.17) is 5.73 Å². The molecular weight excluding hydrogens is 200 g/mol. The molecule has 0 aliphatic rings. The molecule has 0 radical (unpaired) electrons. The molecule has 0 amide bonds. The van der Waals surface area contributed by atoms with Gasteiger partial charge in [0.2, 0.25) is 0 Å². The number of rotatable bonds is 7. The van der Waals surface area contributed by atoms with E-state index in [-0.39, 0.29) is 24.1 Å². The van der Waals surface area contributed by atoms with Crippen LogP contribution in [-0.2, 0) is 0 Å². The van der Waals surface area contributed by atoms with Crippen LogP contribution in [0.15, 0.2) is 0 Å². The van der Waals surface area contributed by atoms with Gasteiger partial charge in [-0.25, -0.2) is 0 Å². The van der Waals surface area contributed by atoms with Gasteiger partial charge in [-0.3, -0.25) is 4.90 Å². The van der Waals surface area contributed by atoms with Gasteiger partial charge in [0.1, 0.15) is 0 Å². The van der Waals surface area contributed by atoms with Crippen molar-refractivity contribution in [2.75, 3.05) is 19.7 Å². The van der Waals surface area contributed by atoms with Gasteiger partial charge in [-0.1, -0.05) is 41.0 Å². The van der Waals surface area contributed by atoms with E-state index in [0.29, 0.717) is 0 Å². The number of hydrogen-bond donors (Lipinski definition) is 2. The molecule has 3 N–H and O–H groups in total. The maximum atomic E-state index is 9.54. The van der Waals surface area contributed by atoms with Crippen molar-refractivity contribution in [3.8, 4) is 0 Å². The smallest absolute Gasteiger partial charge is 0.0602 e. The molecule has 98 valence electrons. The highest BCUT2D eigenvalue weighted by atomic mass is 16.3. The predicted molar refractivity (Wildman–Crippen MR) is 70.5 cm³/mol. The molecule has 0 fully saturated rings. The molecular formula is C13H30N2O. The van der Waals surface area contributed by atoms with Crippen LogP contribution in [0.3, 0.4) is 0 Å². The third-order valence-electron chi connectivity index (χ3n) is 3.28. The summed E-state index contributed by atoms with van der Waals surface area (Å²) < 4.78 is 0. The average molecular weight is 230 g/mol. The molecule has 2 unspecified atom stereocenters. The maximum absolute atomic E-state index is 9.54. The molecule has 0 rings (SSSR count). The van der Waals surface area contributed by atoms with Crippen molar-refractivity contribution >= 4 is 0 Å². The minimum atomic E-state index is 0.00862. The minimum absolute atomic E-state index is 0.00862. The van der Waals surface area contributed by atoms with Gasteiger partial charge in [0.25, 0.3) is 0 Å². The fraction of sp³-hybridized carbons (Fsp3) is 1.00. The largest absolute Gasteiger partial charge is 0.395 e. The fourth-order valence-electron chi connectivity index (χ4n) is 1.95. The lowest BCUT2D eigenvalue weighted by Gasteiger charge is -2.39. The molecule has 0 heterocycles. The summed E-state index contributed by atoms with van der Waals surface area (Å²) in [7, 11) is 0. The zero-order valence-corrected chi connectivity index (χ0v) is 11.7. The Bertz CT molecular complexity index is 177. The van der Waals surface area contributed by atoms with Gasteiger partial charge in [0.05, 0.1) is 6.61 Å². The van der Waals surface area contributed by atoms with E-state index in [2.05, 4.69) is 39.5 Å². The van der Waals surface area contributed by atoms with Gasteiger partial charge >= 0.3 is 0 Å². The number of likely N-dealkylation sites (N-methyl/N-ethyl adjacent to an activating group) is 1. The van der Waals surface area contributed by atoms with Crippen molar-refractivity contribution in [1.29, 1.82) is 0 Å². The van der Waals surface area contributed by atoms with Gasteiger partial charge in [-0.2, -0.15) is 0 Å². The van der Waals surface area contributed by atoms with Gasteiger partial charge in [-0.05, 0) is 24.9 Å². The first-order chi connectivity index (χ1) is 7.38. The quantitative estimate of drug-likeness (QED) is 0.701. The summed E-state index contributed by atoms with van der Waals surface area (Å²) in [5.41, 5.74) is 6.29. The van der Waals surface area contributed by atoms with Gasteiger partial charge < -0.3 is 10.8 Å². The SMILES string of the molecule is CCCCN(CC)C(CO)C(N)C(C)(C)C. The van der Waals surface area contributed by atoms with E-state index in [1.54, 1.807) is 0 Å². The summed E-state index contributed by atoms with van der Waals surface area (Å²) in [6.45, 7) is 12.8. The van der Waals surface area contributed by atoms with E-state index in [1.165, 1.54) is 12.8 Å². The van der Waals surface area contributed by atoms with E-state index in [0.717, 1.165) is 13.1 Å². The van der Waals surface area contributed by atoms with E-state index in [9.17, 15) is 5.11 Å². The topological polar surface area (TPSA) is 49.5 Å². The Kier molecular flexibility index (Phi) is 7.20. The lowest BCUT2D eigenvalue weighted by molar-refractivity contribution is 0.0733. The van der Waals surface area contributed by atoms with Crippen LogP contribution >= 0.6 is 0 Å². The number of aliphatic hydroxyl groups excluding tert-OH is 1. The lowest BCUT2D eigenvalue weighted by atomic mass is 9.82. The number of nitrogens with two attached hydrogens (primary N) is 1. The molecule has 0 aromatic rings. The number of aliphatic hydroxyl groups is 1. The Balaban J connectivity index is 4.54. The normalized spacial score (nSPS) is 16.5. The Morgan fingerprint density at radius 3 is 2.12 bits per heavy atom. The summed E-state index contributed by atoms with van der Waals surface area (Å²) >= 11 is 0. The zero-order valence-electron chi connectivity index (χ0n) is 11.7. The molecule has 3 heteroatoms. The molecule has 0 aromatic heterocycles. The second kappa shape index (κ2) is 7.25. The fourth-order valence-corrected chi connectivity index (χ4v) is 1.95. The average Bonchev–Trinajstić information content (AvgIpc) is 2.22. The van der Waals surface area contributed by atoms with Crippen molar-refractivity contribution < 1.29 is 5.11 Å². The van der Waals surface area contributed by atoms with Gasteiger partial charge in [-0.15, -0.1) is 0 Å². The molecule has 0 aliphatic carbocycles. The molecule has 0 aliphatic heterocycles. The molecule has 16 heavy (non-hydrogen) atoms.